The summed E-state index contributed by atoms with van der Waals surface area (Å²) < 4.78 is 27.8. The van der Waals surface area contributed by atoms with Gasteiger partial charge >= 0.3 is 0 Å². The van der Waals surface area contributed by atoms with Crippen molar-refractivity contribution in [1.82, 2.24) is 89.1 Å². The van der Waals surface area contributed by atoms with Crippen molar-refractivity contribution in [3.05, 3.63) is 146 Å². The van der Waals surface area contributed by atoms with E-state index in [1.165, 1.54) is 34.9 Å². The van der Waals surface area contributed by atoms with Crippen molar-refractivity contribution in [1.29, 1.82) is 0 Å². The van der Waals surface area contributed by atoms with Gasteiger partial charge in [0.15, 0.2) is 34.4 Å². The zero-order chi connectivity index (χ0) is 59.4. The highest BCUT2D eigenvalue weighted by Crippen LogP contribution is 2.40. The van der Waals surface area contributed by atoms with Crippen LogP contribution in [0.2, 0.25) is 0 Å². The van der Waals surface area contributed by atoms with Crippen molar-refractivity contribution >= 4 is 69.2 Å². The topological polar surface area (TPSA) is 295 Å². The van der Waals surface area contributed by atoms with Crippen molar-refractivity contribution in [2.75, 3.05) is 35.8 Å². The van der Waals surface area contributed by atoms with E-state index in [1.807, 2.05) is 50.8 Å². The number of hydrogen-bond acceptors (Lipinski definition) is 18. The van der Waals surface area contributed by atoms with Gasteiger partial charge in [-0.2, -0.15) is 30.6 Å². The fourth-order valence-electron chi connectivity index (χ4n) is 12.7. The number of carbonyl (C=O) groups is 3. The molecule has 27 heteroatoms. The van der Waals surface area contributed by atoms with Crippen molar-refractivity contribution in [3.63, 3.8) is 0 Å². The Kier molecular flexibility index (Phi) is 16.3. The number of hydrogen-bond donors (Lipinski definition) is 6. The second kappa shape index (κ2) is 25.2. The van der Waals surface area contributed by atoms with Crippen LogP contribution in [0.5, 0.6) is 0 Å². The molecule has 12 heterocycles. The zero-order valence-corrected chi connectivity index (χ0v) is 48.1. The highest BCUT2D eigenvalue weighted by molar-refractivity contribution is 5.88. The van der Waals surface area contributed by atoms with Gasteiger partial charge in [0.1, 0.15) is 19.0 Å². The van der Waals surface area contributed by atoms with Crippen molar-refractivity contribution in [2.24, 2.45) is 0 Å². The fraction of sp³-hybridized carbons (Fsp3) is 0.400. The van der Waals surface area contributed by atoms with E-state index < -0.39 is 0 Å². The molecule has 6 atom stereocenters. The Hall–Kier alpha value is -9.60. The first-order valence-electron chi connectivity index (χ1n) is 29.6. The third-order valence-corrected chi connectivity index (χ3v) is 17.0. The van der Waals surface area contributed by atoms with Gasteiger partial charge < -0.3 is 46.1 Å². The van der Waals surface area contributed by atoms with Gasteiger partial charge in [0.25, 0.3) is 0 Å². The second-order valence-corrected chi connectivity index (χ2v) is 22.7. The Balaban J connectivity index is 0.000000121. The number of pyridine rings is 3. The van der Waals surface area contributed by atoms with Gasteiger partial charge in [-0.25, -0.2) is 28.5 Å². The summed E-state index contributed by atoms with van der Waals surface area (Å²) in [5, 5.41) is 46.2. The van der Waals surface area contributed by atoms with E-state index in [0.29, 0.717) is 57.4 Å². The third-order valence-electron chi connectivity index (χ3n) is 17.0. The average Bonchev–Trinajstić information content (AvgIpc) is 2.19. The predicted molar refractivity (Wildman–Crippen MR) is 321 cm³/mol. The minimum absolute atomic E-state index is 0.113. The number of rotatable bonds is 15. The number of aromatic nitrogens is 15. The Labute approximate surface area is 499 Å². The van der Waals surface area contributed by atoms with Gasteiger partial charge in [-0.15, -0.1) is 0 Å². The minimum Gasteiger partial charge on any atom is -0.373 e. The average molecular weight is 1180 g/mol. The minimum atomic E-state index is -0.113. The summed E-state index contributed by atoms with van der Waals surface area (Å²) in [7, 11) is 0. The Bertz CT molecular complexity index is 3540. The van der Waals surface area contributed by atoms with Crippen LogP contribution in [0.4, 0.5) is 34.5 Å². The summed E-state index contributed by atoms with van der Waals surface area (Å²) in [6.07, 6.45) is 23.3. The lowest BCUT2D eigenvalue weighted by Crippen LogP contribution is -2.31. The molecule has 0 saturated heterocycles. The Morgan fingerprint density at radius 3 is 1.05 bits per heavy atom. The SMILES string of the molecule is C=CC(=O)NC1CCC(c2cc(Nc3cc4n(n3)CCOC4)c3ncnn3c2)C1.C=CC(=O)N[C@@H]1CC[C@H](c2cc(Nc3cc4n(n3)CCOC4)c3ncnn3c2)C1.C=CC(=O)N[C@H]1CC[C@@H](c2cc(Nc3cc4n(n3)CCOC4)c3ncnn3c2)C1. The summed E-state index contributed by atoms with van der Waals surface area (Å²) in [6, 6.07) is 12.9. The lowest BCUT2D eigenvalue weighted by molar-refractivity contribution is -0.117. The summed E-state index contributed by atoms with van der Waals surface area (Å²) in [6.45, 7) is 16.7. The van der Waals surface area contributed by atoms with Gasteiger partial charge in [-0.1, -0.05) is 19.7 Å². The smallest absolute Gasteiger partial charge is 0.243 e. The second-order valence-electron chi connectivity index (χ2n) is 22.7. The van der Waals surface area contributed by atoms with Crippen LogP contribution in [0.1, 0.15) is 109 Å². The number of ether oxygens (including phenoxy) is 3. The number of amides is 3. The van der Waals surface area contributed by atoms with Crippen LogP contribution in [0.15, 0.2) is 112 Å². The highest BCUT2D eigenvalue weighted by atomic mass is 16.5. The van der Waals surface area contributed by atoms with E-state index in [1.54, 1.807) is 32.5 Å². The van der Waals surface area contributed by atoms with Crippen molar-refractivity contribution < 1.29 is 28.6 Å². The number of fused-ring (bicyclic) bond motifs is 6. The van der Waals surface area contributed by atoms with Crippen LogP contribution in [-0.4, -0.2) is 129 Å². The maximum atomic E-state index is 11.6. The van der Waals surface area contributed by atoms with Gasteiger partial charge in [0.05, 0.1) is 93.4 Å². The fourth-order valence-corrected chi connectivity index (χ4v) is 12.7. The number of carbonyl (C=O) groups excluding carboxylic acids is 3. The van der Waals surface area contributed by atoms with Crippen LogP contribution >= 0.6 is 0 Å². The Morgan fingerprint density at radius 2 is 0.759 bits per heavy atom. The molecule has 0 radical (unpaired) electrons. The summed E-state index contributed by atoms with van der Waals surface area (Å²) in [5.41, 5.74) is 11.6. The Morgan fingerprint density at radius 1 is 0.448 bits per heavy atom. The molecule has 6 N–H and O–H groups in total. The number of anilines is 6. The van der Waals surface area contributed by atoms with Gasteiger partial charge in [0.2, 0.25) is 17.7 Å². The molecule has 2 unspecified atom stereocenters. The van der Waals surface area contributed by atoms with Crippen LogP contribution in [0, 0.1) is 0 Å². The normalized spacial score (nSPS) is 21.1. The number of nitrogens with zero attached hydrogens (tertiary/aromatic N) is 15. The molecule has 3 fully saturated rings. The summed E-state index contributed by atoms with van der Waals surface area (Å²) >= 11 is 0. The molecular weight excluding hydrogens is 1110 g/mol. The first kappa shape index (κ1) is 56.5. The van der Waals surface area contributed by atoms with Crippen LogP contribution < -0.4 is 31.9 Å². The molecule has 9 aromatic rings. The van der Waals surface area contributed by atoms with E-state index in [4.69, 9.17) is 14.2 Å². The molecule has 450 valence electrons. The molecule has 6 aliphatic rings. The molecule has 0 bridgehead atoms. The monoisotopic (exact) mass is 1180 g/mol. The summed E-state index contributed by atoms with van der Waals surface area (Å²) in [4.78, 5) is 48.0. The third kappa shape index (κ3) is 12.7. The highest BCUT2D eigenvalue weighted by Gasteiger charge is 2.31. The van der Waals surface area contributed by atoms with Crippen molar-refractivity contribution in [2.45, 2.75) is 133 Å². The standard InChI is InChI=1S/3C20H23N7O2/c3*1-2-19(28)23-15-4-3-13(7-15)14-8-17(20-21-12-22-27(20)10-14)24-18-9-16-11-29-6-5-26(16)25-18/h3*2,8-10,12-13,15H,1,3-7,11H2,(H,23,28)(H,24,25)/t2*13-,15+;/m10./s1. The van der Waals surface area contributed by atoms with Crippen molar-refractivity contribution in [3.8, 4) is 0 Å². The first-order chi connectivity index (χ1) is 42.6. The molecule has 3 amide bonds. The molecule has 9 aromatic heterocycles. The lowest BCUT2D eigenvalue weighted by Gasteiger charge is -2.14. The number of nitrogens with one attached hydrogen (secondary N) is 6. The van der Waals surface area contributed by atoms with Crippen LogP contribution in [0.3, 0.4) is 0 Å². The lowest BCUT2D eigenvalue weighted by atomic mass is 9.98. The molecule has 0 spiro atoms. The maximum Gasteiger partial charge on any atom is 0.243 e. The van der Waals surface area contributed by atoms with E-state index >= 15 is 0 Å². The molecular formula is C60H69N21O6. The van der Waals surface area contributed by atoms with E-state index in [-0.39, 0.29) is 35.8 Å². The molecule has 15 rings (SSSR count). The van der Waals surface area contributed by atoms with Gasteiger partial charge in [-0.3, -0.25) is 28.4 Å². The predicted octanol–water partition coefficient (Wildman–Crippen LogP) is 6.41. The molecule has 27 nitrogen and oxygen atoms in total. The van der Waals surface area contributed by atoms with E-state index in [0.717, 1.165) is 146 Å². The van der Waals surface area contributed by atoms with E-state index in [2.05, 4.69) is 115 Å². The first-order valence-corrected chi connectivity index (χ1v) is 29.6. The molecule has 3 aliphatic heterocycles. The van der Waals surface area contributed by atoms with Gasteiger partial charge in [0, 0.05) is 54.9 Å². The maximum absolute atomic E-state index is 11.6. The zero-order valence-electron chi connectivity index (χ0n) is 48.1. The summed E-state index contributed by atoms with van der Waals surface area (Å²) in [5.74, 6) is 3.03. The van der Waals surface area contributed by atoms with E-state index in [9.17, 15) is 14.4 Å². The molecule has 3 aliphatic carbocycles. The van der Waals surface area contributed by atoms with Crippen LogP contribution in [0.25, 0.3) is 16.9 Å². The molecule has 0 aromatic carbocycles. The van der Waals surface area contributed by atoms with Gasteiger partial charge in [-0.05, 0) is 129 Å². The molecule has 87 heavy (non-hydrogen) atoms. The van der Waals surface area contributed by atoms with Crippen LogP contribution in [-0.2, 0) is 68.0 Å². The quantitative estimate of drug-likeness (QED) is 0.0604. The largest absolute Gasteiger partial charge is 0.373 e. The molecule has 3 saturated carbocycles.